The van der Waals surface area contributed by atoms with E-state index in [1.165, 1.54) is 16.6 Å². The van der Waals surface area contributed by atoms with E-state index in [-0.39, 0.29) is 24.4 Å². The summed E-state index contributed by atoms with van der Waals surface area (Å²) in [6, 6.07) is 14.4. The summed E-state index contributed by atoms with van der Waals surface area (Å²) in [5.41, 5.74) is 0. The Morgan fingerprint density at radius 1 is 1.30 bits per heavy atom. The molecule has 0 aliphatic carbocycles. The van der Waals surface area contributed by atoms with Gasteiger partial charge in [0.25, 0.3) is 0 Å². The average Bonchev–Trinajstić information content (AvgIpc) is 2.97. The molecule has 0 amide bonds. The summed E-state index contributed by atoms with van der Waals surface area (Å²) in [5.74, 6) is 0.530. The molecule has 0 atom stereocenters. The minimum Gasteiger partial charge on any atom is -0.468 e. The zero-order valence-electron chi connectivity index (χ0n) is 10.7. The largest absolute Gasteiger partial charge is 0.468 e. The Morgan fingerprint density at radius 2 is 2.15 bits per heavy atom. The third kappa shape index (κ3) is 3.26. The van der Waals surface area contributed by atoms with Crippen molar-refractivity contribution in [1.82, 2.24) is 4.31 Å². The van der Waals surface area contributed by atoms with E-state index in [1.807, 2.05) is 6.07 Å². The SMILES string of the molecule is N#CCCN(Cc1ccco1)S(=O)(=O)c1[c]cccc1. The van der Waals surface area contributed by atoms with E-state index >= 15 is 0 Å². The lowest BCUT2D eigenvalue weighted by atomic mass is 10.4. The van der Waals surface area contributed by atoms with E-state index in [2.05, 4.69) is 6.07 Å². The van der Waals surface area contributed by atoms with Gasteiger partial charge in [0.1, 0.15) is 5.76 Å². The normalized spacial score (nSPS) is 11.4. The summed E-state index contributed by atoms with van der Waals surface area (Å²) in [6.07, 6.45) is 1.60. The van der Waals surface area contributed by atoms with Crippen LogP contribution in [-0.2, 0) is 16.6 Å². The van der Waals surface area contributed by atoms with E-state index in [4.69, 9.17) is 9.68 Å². The number of hydrogen-bond donors (Lipinski definition) is 0. The van der Waals surface area contributed by atoms with Gasteiger partial charge in [-0.15, -0.1) is 0 Å². The van der Waals surface area contributed by atoms with Crippen LogP contribution in [0.15, 0.2) is 52.0 Å². The molecule has 6 heteroatoms. The van der Waals surface area contributed by atoms with Gasteiger partial charge in [-0.05, 0) is 18.2 Å². The molecule has 0 bridgehead atoms. The van der Waals surface area contributed by atoms with Gasteiger partial charge in [0, 0.05) is 19.0 Å². The number of nitrogens with zero attached hydrogens (tertiary/aromatic N) is 2. The summed E-state index contributed by atoms with van der Waals surface area (Å²) in [6.45, 7) is 0.210. The Hall–Kier alpha value is -2.10. The second kappa shape index (κ2) is 6.37. The van der Waals surface area contributed by atoms with Crippen LogP contribution in [0.25, 0.3) is 0 Å². The van der Waals surface area contributed by atoms with Gasteiger partial charge < -0.3 is 4.42 Å². The quantitative estimate of drug-likeness (QED) is 0.817. The molecule has 0 unspecified atom stereocenters. The molecule has 1 heterocycles. The Morgan fingerprint density at radius 3 is 2.75 bits per heavy atom. The Kier molecular flexibility index (Phi) is 4.56. The molecule has 1 aromatic heterocycles. The van der Waals surface area contributed by atoms with Crippen LogP contribution in [-0.4, -0.2) is 19.3 Å². The van der Waals surface area contributed by atoms with Crippen LogP contribution in [0, 0.1) is 17.4 Å². The van der Waals surface area contributed by atoms with Gasteiger partial charge in [-0.25, -0.2) is 8.42 Å². The minimum absolute atomic E-state index is 0.0875. The highest BCUT2D eigenvalue weighted by atomic mass is 32.2. The second-order valence-corrected chi connectivity index (χ2v) is 5.96. The van der Waals surface area contributed by atoms with Crippen LogP contribution in [0.4, 0.5) is 0 Å². The van der Waals surface area contributed by atoms with Crippen molar-refractivity contribution < 1.29 is 12.8 Å². The molecule has 20 heavy (non-hydrogen) atoms. The van der Waals surface area contributed by atoms with E-state index < -0.39 is 10.0 Å². The molecule has 0 aliphatic rings. The van der Waals surface area contributed by atoms with Crippen molar-refractivity contribution in [2.75, 3.05) is 6.54 Å². The van der Waals surface area contributed by atoms with Crippen molar-refractivity contribution in [3.63, 3.8) is 0 Å². The lowest BCUT2D eigenvalue weighted by Crippen LogP contribution is -2.31. The van der Waals surface area contributed by atoms with Gasteiger partial charge in [0.05, 0.1) is 23.8 Å². The van der Waals surface area contributed by atoms with Gasteiger partial charge in [-0.1, -0.05) is 18.2 Å². The lowest BCUT2D eigenvalue weighted by molar-refractivity contribution is 0.368. The fourth-order valence-corrected chi connectivity index (χ4v) is 3.09. The molecular formula is C14H13N2O3S. The van der Waals surface area contributed by atoms with Crippen molar-refractivity contribution >= 4 is 10.0 Å². The fourth-order valence-electron chi connectivity index (χ4n) is 1.71. The molecule has 0 saturated carbocycles. The summed E-state index contributed by atoms with van der Waals surface area (Å²) >= 11 is 0. The van der Waals surface area contributed by atoms with Gasteiger partial charge in [0.15, 0.2) is 0 Å². The first kappa shape index (κ1) is 14.3. The highest BCUT2D eigenvalue weighted by molar-refractivity contribution is 7.89. The minimum atomic E-state index is -3.68. The first-order valence-corrected chi connectivity index (χ1v) is 7.45. The Balaban J connectivity index is 2.28. The maximum atomic E-state index is 12.5. The smallest absolute Gasteiger partial charge is 0.244 e. The molecule has 5 nitrogen and oxygen atoms in total. The second-order valence-electron chi connectivity index (χ2n) is 4.05. The molecule has 2 rings (SSSR count). The molecular weight excluding hydrogens is 276 g/mol. The van der Waals surface area contributed by atoms with Crippen LogP contribution in [0.3, 0.4) is 0 Å². The van der Waals surface area contributed by atoms with E-state index in [0.717, 1.165) is 0 Å². The van der Waals surface area contributed by atoms with Crippen molar-refractivity contribution in [3.05, 3.63) is 54.5 Å². The highest BCUT2D eigenvalue weighted by Crippen LogP contribution is 2.18. The average molecular weight is 289 g/mol. The highest BCUT2D eigenvalue weighted by Gasteiger charge is 2.25. The van der Waals surface area contributed by atoms with Crippen LogP contribution in [0.5, 0.6) is 0 Å². The Bertz CT molecular complexity index is 673. The topological polar surface area (TPSA) is 74.3 Å². The number of rotatable bonds is 6. The standard InChI is InChI=1S/C14H13N2O3S/c15-9-5-10-16(12-13-6-4-11-19-13)20(17,18)14-7-2-1-3-8-14/h1-4,6-7,11H,5,10,12H2. The molecule has 0 fully saturated rings. The van der Waals surface area contributed by atoms with Gasteiger partial charge in [-0.3, -0.25) is 0 Å². The third-order valence-corrected chi connectivity index (χ3v) is 4.48. The summed E-state index contributed by atoms with van der Waals surface area (Å²) < 4.78 is 31.4. The molecule has 0 spiro atoms. The van der Waals surface area contributed by atoms with Crippen LogP contribution in [0.1, 0.15) is 12.2 Å². The van der Waals surface area contributed by atoms with Crippen LogP contribution >= 0.6 is 0 Å². The van der Waals surface area contributed by atoms with Crippen molar-refractivity contribution in [3.8, 4) is 6.07 Å². The van der Waals surface area contributed by atoms with Gasteiger partial charge in [-0.2, -0.15) is 9.57 Å². The molecule has 0 N–H and O–H groups in total. The van der Waals surface area contributed by atoms with Crippen molar-refractivity contribution in [2.45, 2.75) is 17.9 Å². The number of hydrogen-bond acceptors (Lipinski definition) is 4. The van der Waals surface area contributed by atoms with E-state index in [0.29, 0.717) is 5.76 Å². The molecule has 2 aromatic rings. The summed E-state index contributed by atoms with van der Waals surface area (Å²) in [7, 11) is -3.68. The number of sulfonamides is 1. The summed E-state index contributed by atoms with van der Waals surface area (Å²) in [5, 5.41) is 8.67. The first-order chi connectivity index (χ1) is 9.64. The van der Waals surface area contributed by atoms with Gasteiger partial charge >= 0.3 is 0 Å². The van der Waals surface area contributed by atoms with Crippen LogP contribution in [0.2, 0.25) is 0 Å². The predicted molar refractivity (Wildman–Crippen MR) is 71.8 cm³/mol. The fraction of sp³-hybridized carbons (Fsp3) is 0.214. The lowest BCUT2D eigenvalue weighted by Gasteiger charge is -2.19. The molecule has 0 aliphatic heterocycles. The van der Waals surface area contributed by atoms with Crippen molar-refractivity contribution in [1.29, 1.82) is 5.26 Å². The number of benzene rings is 1. The molecule has 1 aromatic carbocycles. The van der Waals surface area contributed by atoms with Gasteiger partial charge in [0.2, 0.25) is 10.0 Å². The zero-order chi connectivity index (χ0) is 14.4. The van der Waals surface area contributed by atoms with E-state index in [9.17, 15) is 8.42 Å². The maximum absolute atomic E-state index is 12.5. The number of furan rings is 1. The van der Waals surface area contributed by atoms with Crippen LogP contribution < -0.4 is 0 Å². The molecule has 103 valence electrons. The molecule has 0 saturated heterocycles. The molecule has 1 radical (unpaired) electrons. The maximum Gasteiger partial charge on any atom is 0.244 e. The third-order valence-electron chi connectivity index (χ3n) is 2.68. The predicted octanol–water partition coefficient (Wildman–Crippen LogP) is 2.18. The monoisotopic (exact) mass is 289 g/mol. The first-order valence-electron chi connectivity index (χ1n) is 6.01. The summed E-state index contributed by atoms with van der Waals surface area (Å²) in [4.78, 5) is 0.0875. The Labute approximate surface area is 118 Å². The number of nitriles is 1. The zero-order valence-corrected chi connectivity index (χ0v) is 11.5. The van der Waals surface area contributed by atoms with E-state index in [1.54, 1.807) is 30.3 Å². The van der Waals surface area contributed by atoms with Crippen molar-refractivity contribution in [2.24, 2.45) is 0 Å².